The van der Waals surface area contributed by atoms with Gasteiger partial charge in [0.15, 0.2) is 0 Å². The highest BCUT2D eigenvalue weighted by molar-refractivity contribution is 7.87. The number of nitrogens with one attached hydrogen (secondary N) is 2. The maximum atomic E-state index is 11.9. The molecular formula is C12H29N3O4S. The van der Waals surface area contributed by atoms with E-state index in [0.29, 0.717) is 32.4 Å². The molecule has 0 heterocycles. The van der Waals surface area contributed by atoms with E-state index < -0.39 is 10.2 Å². The highest BCUT2D eigenvalue weighted by atomic mass is 32.2. The van der Waals surface area contributed by atoms with Crippen LogP contribution >= 0.6 is 0 Å². The number of ether oxygens (including phenoxy) is 2. The fourth-order valence-corrected chi connectivity index (χ4v) is 2.34. The molecule has 0 saturated carbocycles. The molecule has 20 heavy (non-hydrogen) atoms. The molecule has 0 amide bonds. The van der Waals surface area contributed by atoms with Crippen LogP contribution in [0, 0.1) is 0 Å². The van der Waals surface area contributed by atoms with Gasteiger partial charge in [-0.05, 0) is 13.0 Å². The Morgan fingerprint density at radius 1 is 1.15 bits per heavy atom. The molecule has 0 saturated heterocycles. The van der Waals surface area contributed by atoms with E-state index in [2.05, 4.69) is 23.9 Å². The molecule has 0 aromatic rings. The molecule has 0 spiro atoms. The second-order valence-corrected chi connectivity index (χ2v) is 6.65. The summed E-state index contributed by atoms with van der Waals surface area (Å²) in [6, 6.07) is 0.416. The Hall–Kier alpha value is -0.250. The lowest BCUT2D eigenvalue weighted by Gasteiger charge is -2.18. The van der Waals surface area contributed by atoms with Gasteiger partial charge in [-0.25, -0.2) is 0 Å². The number of nitrogens with zero attached hydrogens (tertiary/aromatic N) is 1. The minimum absolute atomic E-state index is 0.265. The summed E-state index contributed by atoms with van der Waals surface area (Å²) in [6.07, 6.45) is 0.778. The van der Waals surface area contributed by atoms with Crippen molar-refractivity contribution < 1.29 is 17.9 Å². The van der Waals surface area contributed by atoms with Crippen LogP contribution in [0.25, 0.3) is 0 Å². The summed E-state index contributed by atoms with van der Waals surface area (Å²) in [6.45, 7) is 6.99. The van der Waals surface area contributed by atoms with E-state index in [4.69, 9.17) is 9.47 Å². The van der Waals surface area contributed by atoms with E-state index in [1.54, 1.807) is 14.2 Å². The first-order valence-electron chi connectivity index (χ1n) is 6.91. The van der Waals surface area contributed by atoms with Gasteiger partial charge in [-0.3, -0.25) is 0 Å². The number of rotatable bonds is 13. The molecule has 0 bridgehead atoms. The van der Waals surface area contributed by atoms with Crippen molar-refractivity contribution in [2.24, 2.45) is 0 Å². The van der Waals surface area contributed by atoms with Crippen molar-refractivity contribution in [2.45, 2.75) is 26.3 Å². The van der Waals surface area contributed by atoms with Crippen molar-refractivity contribution >= 4 is 10.2 Å². The molecule has 122 valence electrons. The zero-order valence-electron chi connectivity index (χ0n) is 13.0. The van der Waals surface area contributed by atoms with E-state index in [0.717, 1.165) is 13.0 Å². The van der Waals surface area contributed by atoms with E-state index in [1.807, 2.05) is 0 Å². The van der Waals surface area contributed by atoms with Crippen LogP contribution < -0.4 is 10.0 Å². The van der Waals surface area contributed by atoms with Gasteiger partial charge in [0.05, 0.1) is 19.8 Å². The summed E-state index contributed by atoms with van der Waals surface area (Å²) >= 11 is 0. The Morgan fingerprint density at radius 2 is 1.85 bits per heavy atom. The molecule has 0 atom stereocenters. The van der Waals surface area contributed by atoms with Gasteiger partial charge >= 0.3 is 0 Å². The van der Waals surface area contributed by atoms with E-state index in [9.17, 15) is 8.42 Å². The summed E-state index contributed by atoms with van der Waals surface area (Å²) in [5.41, 5.74) is 0. The first-order chi connectivity index (χ1) is 9.40. The van der Waals surface area contributed by atoms with Crippen LogP contribution in [-0.2, 0) is 19.7 Å². The summed E-state index contributed by atoms with van der Waals surface area (Å²) in [4.78, 5) is 0. The molecule has 0 aliphatic rings. The predicted molar refractivity (Wildman–Crippen MR) is 80.0 cm³/mol. The normalized spacial score (nSPS) is 12.5. The number of methoxy groups -OCH3 is 1. The van der Waals surface area contributed by atoms with Crippen molar-refractivity contribution in [3.63, 3.8) is 0 Å². The molecule has 0 aromatic heterocycles. The Kier molecular flexibility index (Phi) is 11.3. The minimum Gasteiger partial charge on any atom is -0.382 e. The lowest BCUT2D eigenvalue weighted by molar-refractivity contribution is 0.0735. The lowest BCUT2D eigenvalue weighted by Crippen LogP contribution is -2.41. The Balaban J connectivity index is 3.74. The monoisotopic (exact) mass is 311 g/mol. The predicted octanol–water partition coefficient (Wildman–Crippen LogP) is -0.196. The molecule has 0 rings (SSSR count). The lowest BCUT2D eigenvalue weighted by atomic mass is 10.3. The van der Waals surface area contributed by atoms with E-state index >= 15 is 0 Å². The first-order valence-corrected chi connectivity index (χ1v) is 8.35. The fourth-order valence-electron chi connectivity index (χ4n) is 1.41. The molecule has 0 fully saturated rings. The van der Waals surface area contributed by atoms with Crippen LogP contribution in [0.15, 0.2) is 0 Å². The molecule has 2 N–H and O–H groups in total. The Labute approximate surface area is 123 Å². The summed E-state index contributed by atoms with van der Waals surface area (Å²) in [7, 11) is -0.244. The standard InChI is InChI=1S/C12H29N3O4S/c1-12(2)13-6-5-8-15(3)20(16,17)14-7-9-19-11-10-18-4/h12-14H,5-11H2,1-4H3. The number of hydrogen-bond acceptors (Lipinski definition) is 5. The van der Waals surface area contributed by atoms with Crippen molar-refractivity contribution in [2.75, 3.05) is 53.6 Å². The van der Waals surface area contributed by atoms with Gasteiger partial charge in [0.2, 0.25) is 0 Å². The van der Waals surface area contributed by atoms with Gasteiger partial charge in [-0.2, -0.15) is 17.4 Å². The van der Waals surface area contributed by atoms with Crippen molar-refractivity contribution in [3.8, 4) is 0 Å². The van der Waals surface area contributed by atoms with Crippen molar-refractivity contribution in [1.82, 2.24) is 14.3 Å². The van der Waals surface area contributed by atoms with Crippen LogP contribution in [0.5, 0.6) is 0 Å². The third-order valence-electron chi connectivity index (χ3n) is 2.58. The van der Waals surface area contributed by atoms with Gasteiger partial charge in [0, 0.05) is 33.3 Å². The maximum absolute atomic E-state index is 11.9. The molecule has 0 aromatic carbocycles. The summed E-state index contributed by atoms with van der Waals surface area (Å²) in [5, 5.41) is 3.25. The zero-order valence-corrected chi connectivity index (χ0v) is 13.8. The Morgan fingerprint density at radius 3 is 2.45 bits per heavy atom. The second-order valence-electron chi connectivity index (χ2n) is 4.79. The van der Waals surface area contributed by atoms with E-state index in [1.165, 1.54) is 4.31 Å². The smallest absolute Gasteiger partial charge is 0.279 e. The van der Waals surface area contributed by atoms with Crippen LogP contribution in [0.4, 0.5) is 0 Å². The number of hydrogen-bond donors (Lipinski definition) is 2. The third kappa shape index (κ3) is 10.5. The van der Waals surface area contributed by atoms with Crippen LogP contribution in [0.2, 0.25) is 0 Å². The molecular weight excluding hydrogens is 282 g/mol. The maximum Gasteiger partial charge on any atom is 0.279 e. The van der Waals surface area contributed by atoms with Gasteiger partial charge in [0.1, 0.15) is 0 Å². The highest BCUT2D eigenvalue weighted by Gasteiger charge is 2.15. The zero-order chi connectivity index (χ0) is 15.4. The molecule has 7 nitrogen and oxygen atoms in total. The van der Waals surface area contributed by atoms with Crippen molar-refractivity contribution in [1.29, 1.82) is 0 Å². The van der Waals surface area contributed by atoms with Crippen LogP contribution in [-0.4, -0.2) is 72.4 Å². The average Bonchev–Trinajstić information content (AvgIpc) is 2.38. The quantitative estimate of drug-likeness (QED) is 0.461. The van der Waals surface area contributed by atoms with Gasteiger partial charge in [-0.15, -0.1) is 0 Å². The van der Waals surface area contributed by atoms with Crippen LogP contribution in [0.3, 0.4) is 0 Å². The van der Waals surface area contributed by atoms with Crippen LogP contribution in [0.1, 0.15) is 20.3 Å². The topological polar surface area (TPSA) is 79.9 Å². The second kappa shape index (κ2) is 11.4. The molecule has 0 aliphatic carbocycles. The van der Waals surface area contributed by atoms with Gasteiger partial charge < -0.3 is 14.8 Å². The van der Waals surface area contributed by atoms with Gasteiger partial charge in [0.25, 0.3) is 10.2 Å². The minimum atomic E-state index is -3.41. The molecule has 8 heteroatoms. The largest absolute Gasteiger partial charge is 0.382 e. The summed E-state index contributed by atoms with van der Waals surface area (Å²) in [5.74, 6) is 0. The molecule has 0 radical (unpaired) electrons. The highest BCUT2D eigenvalue weighted by Crippen LogP contribution is 1.95. The first kappa shape index (κ1) is 19.8. The molecule has 0 aliphatic heterocycles. The Bertz CT molecular complexity index is 323. The molecule has 0 unspecified atom stereocenters. The van der Waals surface area contributed by atoms with Gasteiger partial charge in [-0.1, -0.05) is 13.8 Å². The van der Waals surface area contributed by atoms with Crippen molar-refractivity contribution in [3.05, 3.63) is 0 Å². The van der Waals surface area contributed by atoms with E-state index in [-0.39, 0.29) is 6.54 Å². The SMILES string of the molecule is COCCOCCNS(=O)(=O)N(C)CCCNC(C)C. The average molecular weight is 311 g/mol. The third-order valence-corrected chi connectivity index (χ3v) is 4.15. The summed E-state index contributed by atoms with van der Waals surface area (Å²) < 4.78 is 37.6. The fraction of sp³-hybridized carbons (Fsp3) is 1.00.